The summed E-state index contributed by atoms with van der Waals surface area (Å²) in [5.41, 5.74) is 9.87. The molecule has 2 N–H and O–H groups in total. The van der Waals surface area contributed by atoms with Crippen LogP contribution in [0.2, 0.25) is 5.02 Å². The zero-order chi connectivity index (χ0) is 17.4. The SMILES string of the molecule is COC(=O)c1nc2nc(C)c(CN)c(-c3ccc(C)cc3Cl)n2n1. The van der Waals surface area contributed by atoms with Crippen molar-refractivity contribution in [3.05, 3.63) is 45.9 Å². The van der Waals surface area contributed by atoms with Gasteiger partial charge in [-0.25, -0.2) is 9.78 Å². The molecule has 0 spiro atoms. The molecule has 3 rings (SSSR count). The maximum absolute atomic E-state index is 11.7. The number of rotatable bonds is 3. The van der Waals surface area contributed by atoms with Crippen molar-refractivity contribution in [3.63, 3.8) is 0 Å². The first kappa shape index (κ1) is 16.4. The lowest BCUT2D eigenvalue weighted by atomic mass is 10.0. The molecule has 3 aromatic rings. The van der Waals surface area contributed by atoms with Gasteiger partial charge in [-0.15, -0.1) is 5.10 Å². The van der Waals surface area contributed by atoms with E-state index in [-0.39, 0.29) is 18.1 Å². The van der Waals surface area contributed by atoms with E-state index in [0.29, 0.717) is 16.4 Å². The number of carbonyl (C=O) groups is 1. The number of aryl methyl sites for hydroxylation is 2. The van der Waals surface area contributed by atoms with Gasteiger partial charge in [0.05, 0.1) is 17.8 Å². The summed E-state index contributed by atoms with van der Waals surface area (Å²) in [5, 5.41) is 4.79. The topological polar surface area (TPSA) is 95.4 Å². The van der Waals surface area contributed by atoms with E-state index in [9.17, 15) is 4.79 Å². The van der Waals surface area contributed by atoms with Gasteiger partial charge in [0.2, 0.25) is 0 Å². The van der Waals surface area contributed by atoms with Crippen molar-refractivity contribution in [1.29, 1.82) is 0 Å². The van der Waals surface area contributed by atoms with Crippen LogP contribution in [-0.4, -0.2) is 32.7 Å². The molecule has 0 aliphatic heterocycles. The summed E-state index contributed by atoms with van der Waals surface area (Å²) >= 11 is 6.43. The van der Waals surface area contributed by atoms with Crippen molar-refractivity contribution in [2.45, 2.75) is 20.4 Å². The normalized spacial score (nSPS) is 11.0. The Labute approximate surface area is 143 Å². The Morgan fingerprint density at radius 3 is 2.71 bits per heavy atom. The van der Waals surface area contributed by atoms with E-state index in [1.54, 1.807) is 0 Å². The molecule has 0 unspecified atom stereocenters. The van der Waals surface area contributed by atoms with Gasteiger partial charge >= 0.3 is 5.97 Å². The average Bonchev–Trinajstić information content (AvgIpc) is 2.96. The van der Waals surface area contributed by atoms with Gasteiger partial charge in [0, 0.05) is 23.4 Å². The highest BCUT2D eigenvalue weighted by Crippen LogP contribution is 2.32. The van der Waals surface area contributed by atoms with E-state index in [1.165, 1.54) is 11.6 Å². The molecule has 24 heavy (non-hydrogen) atoms. The molecule has 7 nitrogen and oxygen atoms in total. The van der Waals surface area contributed by atoms with Gasteiger partial charge < -0.3 is 10.5 Å². The summed E-state index contributed by atoms with van der Waals surface area (Å²) in [4.78, 5) is 20.3. The monoisotopic (exact) mass is 345 g/mol. The van der Waals surface area contributed by atoms with Crippen LogP contribution in [0.5, 0.6) is 0 Å². The molecule has 2 heterocycles. The predicted molar refractivity (Wildman–Crippen MR) is 89.9 cm³/mol. The van der Waals surface area contributed by atoms with Crippen LogP contribution in [0.15, 0.2) is 18.2 Å². The maximum Gasteiger partial charge on any atom is 0.378 e. The largest absolute Gasteiger partial charge is 0.463 e. The summed E-state index contributed by atoms with van der Waals surface area (Å²) < 4.78 is 6.17. The average molecular weight is 346 g/mol. The van der Waals surface area contributed by atoms with Crippen molar-refractivity contribution in [3.8, 4) is 11.3 Å². The van der Waals surface area contributed by atoms with Crippen LogP contribution in [0, 0.1) is 13.8 Å². The lowest BCUT2D eigenvalue weighted by molar-refractivity contribution is 0.0587. The van der Waals surface area contributed by atoms with Crippen molar-refractivity contribution >= 4 is 23.3 Å². The number of nitrogens with two attached hydrogens (primary N) is 1. The highest BCUT2D eigenvalue weighted by atomic mass is 35.5. The Kier molecular flexibility index (Phi) is 4.21. The number of halogens is 1. The summed E-state index contributed by atoms with van der Waals surface area (Å²) in [6.07, 6.45) is 0. The Morgan fingerprint density at radius 1 is 1.33 bits per heavy atom. The van der Waals surface area contributed by atoms with Gasteiger partial charge in [-0.05, 0) is 25.5 Å². The van der Waals surface area contributed by atoms with Crippen LogP contribution in [0.4, 0.5) is 0 Å². The van der Waals surface area contributed by atoms with Crippen LogP contribution >= 0.6 is 11.6 Å². The van der Waals surface area contributed by atoms with Crippen molar-refractivity contribution in [2.75, 3.05) is 7.11 Å². The van der Waals surface area contributed by atoms with E-state index in [0.717, 1.165) is 16.7 Å². The number of fused-ring (bicyclic) bond motifs is 1. The zero-order valence-electron chi connectivity index (χ0n) is 13.5. The summed E-state index contributed by atoms with van der Waals surface area (Å²) in [6.45, 7) is 4.04. The molecule has 8 heteroatoms. The Balaban J connectivity index is 2.38. The van der Waals surface area contributed by atoms with Gasteiger partial charge in [-0.1, -0.05) is 23.7 Å². The lowest BCUT2D eigenvalue weighted by Gasteiger charge is -2.13. The van der Waals surface area contributed by atoms with Gasteiger partial charge in [-0.2, -0.15) is 9.50 Å². The van der Waals surface area contributed by atoms with E-state index < -0.39 is 5.97 Å². The second kappa shape index (κ2) is 6.18. The Bertz CT molecular complexity index is 951. The molecule has 0 saturated carbocycles. The van der Waals surface area contributed by atoms with Crippen LogP contribution in [0.3, 0.4) is 0 Å². The van der Waals surface area contributed by atoms with Crippen molar-refractivity contribution in [2.24, 2.45) is 5.73 Å². The lowest BCUT2D eigenvalue weighted by Crippen LogP contribution is -2.10. The Morgan fingerprint density at radius 2 is 2.08 bits per heavy atom. The molecule has 0 aliphatic rings. The minimum absolute atomic E-state index is 0.0666. The fourth-order valence-corrected chi connectivity index (χ4v) is 2.88. The molecule has 0 aliphatic carbocycles. The molecule has 0 saturated heterocycles. The van der Waals surface area contributed by atoms with Crippen molar-refractivity contribution < 1.29 is 9.53 Å². The van der Waals surface area contributed by atoms with Gasteiger partial charge in [0.15, 0.2) is 0 Å². The number of carbonyl (C=O) groups excluding carboxylic acids is 1. The molecular weight excluding hydrogens is 330 g/mol. The molecule has 0 amide bonds. The number of ether oxygens (including phenoxy) is 1. The van der Waals surface area contributed by atoms with E-state index in [4.69, 9.17) is 17.3 Å². The van der Waals surface area contributed by atoms with Crippen LogP contribution in [0.25, 0.3) is 17.0 Å². The summed E-state index contributed by atoms with van der Waals surface area (Å²) in [6, 6.07) is 5.70. The third-order valence-corrected chi connectivity index (χ3v) is 4.06. The van der Waals surface area contributed by atoms with E-state index >= 15 is 0 Å². The van der Waals surface area contributed by atoms with Gasteiger partial charge in [0.1, 0.15) is 0 Å². The summed E-state index contributed by atoms with van der Waals surface area (Å²) in [7, 11) is 1.27. The molecule has 0 bridgehead atoms. The number of nitrogens with zero attached hydrogens (tertiary/aromatic N) is 4. The Hall–Kier alpha value is -2.51. The van der Waals surface area contributed by atoms with Gasteiger partial charge in [-0.3, -0.25) is 0 Å². The first-order chi connectivity index (χ1) is 11.5. The van der Waals surface area contributed by atoms with Gasteiger partial charge in [0.25, 0.3) is 11.6 Å². The molecule has 0 fully saturated rings. The minimum atomic E-state index is -0.631. The standard InChI is InChI=1S/C16H16ClN5O2/c1-8-4-5-10(12(17)6-8)13-11(7-18)9(2)19-16-20-14(15(23)24-3)21-22(13)16/h4-6H,7,18H2,1-3H3. The van der Waals surface area contributed by atoms with Crippen LogP contribution in [-0.2, 0) is 11.3 Å². The number of hydrogen-bond donors (Lipinski definition) is 1. The van der Waals surface area contributed by atoms with E-state index in [1.807, 2.05) is 32.0 Å². The smallest absolute Gasteiger partial charge is 0.378 e. The third kappa shape index (κ3) is 2.61. The zero-order valence-corrected chi connectivity index (χ0v) is 14.3. The minimum Gasteiger partial charge on any atom is -0.463 e. The highest BCUT2D eigenvalue weighted by Gasteiger charge is 2.21. The second-order valence-electron chi connectivity index (χ2n) is 5.35. The number of methoxy groups -OCH3 is 1. The van der Waals surface area contributed by atoms with Crippen molar-refractivity contribution in [1.82, 2.24) is 19.6 Å². The van der Waals surface area contributed by atoms with Crippen LogP contribution < -0.4 is 5.73 Å². The molecule has 124 valence electrons. The fraction of sp³-hybridized carbons (Fsp3) is 0.250. The fourth-order valence-electron chi connectivity index (χ4n) is 2.55. The second-order valence-corrected chi connectivity index (χ2v) is 5.76. The first-order valence-corrected chi connectivity index (χ1v) is 7.65. The number of hydrogen-bond acceptors (Lipinski definition) is 6. The molecule has 0 atom stereocenters. The summed E-state index contributed by atoms with van der Waals surface area (Å²) in [5.74, 6) is -0.409. The number of aromatic nitrogens is 4. The molecule has 1 aromatic carbocycles. The third-order valence-electron chi connectivity index (χ3n) is 3.74. The van der Waals surface area contributed by atoms with E-state index in [2.05, 4.69) is 19.8 Å². The maximum atomic E-state index is 11.7. The molecule has 2 aromatic heterocycles. The molecule has 0 radical (unpaired) electrons. The first-order valence-electron chi connectivity index (χ1n) is 7.27. The quantitative estimate of drug-likeness (QED) is 0.732. The number of benzene rings is 1. The van der Waals surface area contributed by atoms with Crippen LogP contribution in [0.1, 0.15) is 27.4 Å². The number of esters is 1. The predicted octanol–water partition coefficient (Wildman–Crippen LogP) is 2.31. The molecular formula is C16H16ClN5O2. The highest BCUT2D eigenvalue weighted by molar-refractivity contribution is 6.33.